The maximum atomic E-state index is 12.8. The molecule has 0 unspecified atom stereocenters. The summed E-state index contributed by atoms with van der Waals surface area (Å²) in [6.45, 7) is 4.04. The van der Waals surface area contributed by atoms with E-state index in [-0.39, 0.29) is 11.7 Å². The molecule has 1 fully saturated rings. The van der Waals surface area contributed by atoms with Crippen molar-refractivity contribution >= 4 is 21.4 Å². The third-order valence-corrected chi connectivity index (χ3v) is 6.20. The van der Waals surface area contributed by atoms with Crippen LogP contribution in [0.3, 0.4) is 0 Å². The van der Waals surface area contributed by atoms with E-state index in [9.17, 15) is 8.42 Å². The van der Waals surface area contributed by atoms with Gasteiger partial charge in [0.05, 0.1) is 10.6 Å². The first-order valence-electron chi connectivity index (χ1n) is 8.81. The van der Waals surface area contributed by atoms with E-state index < -0.39 is 10.0 Å². The number of sulfonamides is 1. The third kappa shape index (κ3) is 3.31. The topological polar surface area (TPSA) is 67.9 Å². The summed E-state index contributed by atoms with van der Waals surface area (Å²) in [7, 11) is -3.71. The van der Waals surface area contributed by atoms with Crippen LogP contribution in [0.5, 0.6) is 11.5 Å². The molecule has 0 spiro atoms. The van der Waals surface area contributed by atoms with Crippen molar-refractivity contribution in [2.45, 2.75) is 31.1 Å². The van der Waals surface area contributed by atoms with Crippen LogP contribution in [0.25, 0.3) is 0 Å². The SMILES string of the molecule is Cc1ccc(N2CCCCC2)cc1NS(=O)(=O)c1ccc2c(c1)OCO2. The molecule has 1 saturated heterocycles. The van der Waals surface area contributed by atoms with Crippen molar-refractivity contribution in [3.05, 3.63) is 42.0 Å². The van der Waals surface area contributed by atoms with Gasteiger partial charge in [0.25, 0.3) is 10.0 Å². The Morgan fingerprint density at radius 3 is 2.54 bits per heavy atom. The molecule has 1 N–H and O–H groups in total. The predicted molar refractivity (Wildman–Crippen MR) is 101 cm³/mol. The maximum absolute atomic E-state index is 12.8. The van der Waals surface area contributed by atoms with Crippen molar-refractivity contribution in [2.75, 3.05) is 29.5 Å². The Morgan fingerprint density at radius 1 is 0.962 bits per heavy atom. The lowest BCUT2D eigenvalue weighted by molar-refractivity contribution is 0.174. The highest BCUT2D eigenvalue weighted by molar-refractivity contribution is 7.92. The number of benzene rings is 2. The molecule has 0 amide bonds. The van der Waals surface area contributed by atoms with Crippen LogP contribution in [-0.2, 0) is 10.0 Å². The summed E-state index contributed by atoms with van der Waals surface area (Å²) in [5, 5.41) is 0. The van der Waals surface area contributed by atoms with Crippen LogP contribution in [0.15, 0.2) is 41.3 Å². The van der Waals surface area contributed by atoms with Crippen molar-refractivity contribution in [3.8, 4) is 11.5 Å². The summed E-state index contributed by atoms with van der Waals surface area (Å²) in [4.78, 5) is 2.46. The number of hydrogen-bond donors (Lipinski definition) is 1. The average molecular weight is 374 g/mol. The quantitative estimate of drug-likeness (QED) is 0.887. The van der Waals surface area contributed by atoms with E-state index >= 15 is 0 Å². The highest BCUT2D eigenvalue weighted by atomic mass is 32.2. The minimum atomic E-state index is -3.71. The Kier molecular flexibility index (Phi) is 4.40. The second-order valence-corrected chi connectivity index (χ2v) is 8.35. The summed E-state index contributed by atoms with van der Waals surface area (Å²) in [6.07, 6.45) is 3.60. The van der Waals surface area contributed by atoms with Crippen LogP contribution in [0.2, 0.25) is 0 Å². The molecular weight excluding hydrogens is 352 g/mol. The molecule has 26 heavy (non-hydrogen) atoms. The fourth-order valence-electron chi connectivity index (χ4n) is 3.32. The van der Waals surface area contributed by atoms with Crippen molar-refractivity contribution in [1.29, 1.82) is 0 Å². The molecule has 2 aliphatic rings. The minimum absolute atomic E-state index is 0.114. The molecule has 0 saturated carbocycles. The molecule has 2 aliphatic heterocycles. The van der Waals surface area contributed by atoms with Gasteiger partial charge in [-0.2, -0.15) is 0 Å². The average Bonchev–Trinajstić information content (AvgIpc) is 3.12. The van der Waals surface area contributed by atoms with Crippen molar-refractivity contribution in [2.24, 2.45) is 0 Å². The van der Waals surface area contributed by atoms with Crippen LogP contribution >= 0.6 is 0 Å². The van der Waals surface area contributed by atoms with Crippen LogP contribution < -0.4 is 19.1 Å². The van der Waals surface area contributed by atoms with E-state index in [1.54, 1.807) is 6.07 Å². The first-order chi connectivity index (χ1) is 12.5. The largest absolute Gasteiger partial charge is 0.454 e. The van der Waals surface area contributed by atoms with E-state index in [1.807, 2.05) is 19.1 Å². The molecule has 6 nitrogen and oxygen atoms in total. The van der Waals surface area contributed by atoms with E-state index in [1.165, 1.54) is 31.4 Å². The Labute approximate surface area is 153 Å². The minimum Gasteiger partial charge on any atom is -0.454 e. The molecule has 0 aliphatic carbocycles. The summed E-state index contributed by atoms with van der Waals surface area (Å²) >= 11 is 0. The van der Waals surface area contributed by atoms with Gasteiger partial charge in [-0.05, 0) is 56.0 Å². The highest BCUT2D eigenvalue weighted by Crippen LogP contribution is 2.35. The smallest absolute Gasteiger partial charge is 0.262 e. The summed E-state index contributed by atoms with van der Waals surface area (Å²) < 4.78 is 38.9. The molecule has 2 aromatic rings. The predicted octanol–water partition coefficient (Wildman–Crippen LogP) is 3.51. The number of nitrogens with zero attached hydrogens (tertiary/aromatic N) is 1. The second-order valence-electron chi connectivity index (χ2n) is 6.67. The Balaban J connectivity index is 1.61. The van der Waals surface area contributed by atoms with Crippen LogP contribution in [-0.4, -0.2) is 28.3 Å². The molecule has 0 aromatic heterocycles. The van der Waals surface area contributed by atoms with Gasteiger partial charge in [-0.25, -0.2) is 8.42 Å². The fourth-order valence-corrected chi connectivity index (χ4v) is 4.45. The molecule has 4 rings (SSSR count). The molecule has 0 radical (unpaired) electrons. The van der Waals surface area contributed by atoms with Gasteiger partial charge in [0.2, 0.25) is 6.79 Å². The van der Waals surface area contributed by atoms with E-state index in [4.69, 9.17) is 9.47 Å². The molecular formula is C19H22N2O4S. The van der Waals surface area contributed by atoms with Crippen molar-refractivity contribution < 1.29 is 17.9 Å². The van der Waals surface area contributed by atoms with Gasteiger partial charge >= 0.3 is 0 Å². The number of nitrogens with one attached hydrogen (secondary N) is 1. The lowest BCUT2D eigenvalue weighted by Gasteiger charge is -2.29. The van der Waals surface area contributed by atoms with Gasteiger partial charge in [0.15, 0.2) is 11.5 Å². The molecule has 7 heteroatoms. The molecule has 2 aromatic carbocycles. The molecule has 138 valence electrons. The maximum Gasteiger partial charge on any atom is 0.262 e. The van der Waals surface area contributed by atoms with Gasteiger partial charge < -0.3 is 14.4 Å². The summed E-state index contributed by atoms with van der Waals surface area (Å²) in [5.41, 5.74) is 2.54. The summed E-state index contributed by atoms with van der Waals surface area (Å²) in [6, 6.07) is 10.6. The lowest BCUT2D eigenvalue weighted by Crippen LogP contribution is -2.29. The van der Waals surface area contributed by atoms with E-state index in [2.05, 4.69) is 15.7 Å². The first kappa shape index (κ1) is 17.0. The summed E-state index contributed by atoms with van der Waals surface area (Å²) in [5.74, 6) is 1.01. The monoisotopic (exact) mass is 374 g/mol. The van der Waals surface area contributed by atoms with E-state index in [0.717, 1.165) is 24.3 Å². The number of hydrogen-bond acceptors (Lipinski definition) is 5. The zero-order valence-corrected chi connectivity index (χ0v) is 15.5. The van der Waals surface area contributed by atoms with Crippen molar-refractivity contribution in [1.82, 2.24) is 0 Å². The van der Waals surface area contributed by atoms with Gasteiger partial charge in [-0.1, -0.05) is 6.07 Å². The number of anilines is 2. The Morgan fingerprint density at radius 2 is 1.73 bits per heavy atom. The number of piperidine rings is 1. The van der Waals surface area contributed by atoms with Crippen LogP contribution in [0.1, 0.15) is 24.8 Å². The van der Waals surface area contributed by atoms with Gasteiger partial charge in [-0.3, -0.25) is 4.72 Å². The molecule has 0 atom stereocenters. The zero-order chi connectivity index (χ0) is 18.1. The Hall–Kier alpha value is -2.41. The Bertz CT molecular complexity index is 921. The standard InChI is InChI=1S/C19H22N2O4S/c1-14-5-6-15(21-9-3-2-4-10-21)11-17(14)20-26(22,23)16-7-8-18-19(12-16)25-13-24-18/h5-8,11-12,20H,2-4,9-10,13H2,1H3. The molecule has 2 heterocycles. The van der Waals surface area contributed by atoms with E-state index in [0.29, 0.717) is 17.2 Å². The zero-order valence-electron chi connectivity index (χ0n) is 14.7. The highest BCUT2D eigenvalue weighted by Gasteiger charge is 2.21. The second kappa shape index (κ2) is 6.72. The van der Waals surface area contributed by atoms with Gasteiger partial charge in [0, 0.05) is 24.8 Å². The third-order valence-electron chi connectivity index (χ3n) is 4.84. The molecule has 0 bridgehead atoms. The first-order valence-corrected chi connectivity index (χ1v) is 10.3. The van der Waals surface area contributed by atoms with Crippen LogP contribution in [0, 0.1) is 6.92 Å². The van der Waals surface area contributed by atoms with Gasteiger partial charge in [-0.15, -0.1) is 0 Å². The van der Waals surface area contributed by atoms with Crippen LogP contribution in [0.4, 0.5) is 11.4 Å². The van der Waals surface area contributed by atoms with Gasteiger partial charge in [0.1, 0.15) is 0 Å². The lowest BCUT2D eigenvalue weighted by atomic mass is 10.1. The number of ether oxygens (including phenoxy) is 2. The number of fused-ring (bicyclic) bond motifs is 1. The van der Waals surface area contributed by atoms with Crippen molar-refractivity contribution in [3.63, 3.8) is 0 Å². The number of aryl methyl sites for hydroxylation is 1. The fraction of sp³-hybridized carbons (Fsp3) is 0.368. The number of rotatable bonds is 4. The normalized spacial score (nSPS) is 16.6.